The number of benzene rings is 1. The Morgan fingerprint density at radius 3 is 2.45 bits per heavy atom. The van der Waals surface area contributed by atoms with E-state index < -0.39 is 11.3 Å². The molecule has 1 N–H and O–H groups in total. The molecule has 29 heavy (non-hydrogen) atoms. The number of aryl methyl sites for hydroxylation is 1. The van der Waals surface area contributed by atoms with E-state index in [-0.39, 0.29) is 12.0 Å². The minimum absolute atomic E-state index is 0.128. The maximum absolute atomic E-state index is 12.7. The third kappa shape index (κ3) is 5.93. The number of ether oxygens (including phenoxy) is 1. The molecule has 2 amide bonds. The zero-order chi connectivity index (χ0) is 20.8. The van der Waals surface area contributed by atoms with Crippen molar-refractivity contribution in [2.24, 2.45) is 5.92 Å². The molecule has 2 aliphatic rings. The average molecular weight is 423 g/mol. The molecule has 160 valence electrons. The molecule has 1 unspecified atom stereocenters. The molecule has 3 rings (SSSR count). The summed E-state index contributed by atoms with van der Waals surface area (Å²) in [7, 11) is 0. The Kier molecular flexibility index (Phi) is 7.49. The lowest BCUT2D eigenvalue weighted by Crippen LogP contribution is -2.50. The average Bonchev–Trinajstić information content (AvgIpc) is 3.22. The molecule has 1 saturated carbocycles. The van der Waals surface area contributed by atoms with Gasteiger partial charge in [-0.25, -0.2) is 4.79 Å². The summed E-state index contributed by atoms with van der Waals surface area (Å²) in [4.78, 5) is 28.3. The molecule has 1 aliphatic carbocycles. The van der Waals surface area contributed by atoms with Crippen molar-refractivity contribution in [2.75, 3.05) is 37.5 Å². The topological polar surface area (TPSA) is 102 Å². The van der Waals surface area contributed by atoms with Crippen molar-refractivity contribution in [1.82, 2.24) is 9.80 Å². The Bertz CT molecular complexity index is 758. The Labute approximate surface area is 174 Å². The molecule has 1 heterocycles. The first-order valence-corrected chi connectivity index (χ1v) is 11.2. The molecular weight excluding hydrogens is 394 g/mol. The van der Waals surface area contributed by atoms with Crippen LogP contribution in [0.3, 0.4) is 0 Å². The number of nitrogens with zero attached hydrogens (tertiary/aromatic N) is 2. The smallest absolute Gasteiger partial charge is 0.409 e. The molecule has 1 saturated heterocycles. The van der Waals surface area contributed by atoms with Crippen LogP contribution in [0.1, 0.15) is 48.0 Å². The summed E-state index contributed by atoms with van der Waals surface area (Å²) in [6.45, 7) is 3.99. The second kappa shape index (κ2) is 10.1. The Hall–Kier alpha value is -2.13. The summed E-state index contributed by atoms with van der Waals surface area (Å²) in [5.41, 5.74) is 1.61. The number of anilines is 1. The van der Waals surface area contributed by atoms with Crippen LogP contribution in [0.5, 0.6) is 0 Å². The van der Waals surface area contributed by atoms with E-state index in [0.717, 1.165) is 6.42 Å². The highest BCUT2D eigenvalue weighted by Crippen LogP contribution is 2.27. The molecule has 0 spiro atoms. The van der Waals surface area contributed by atoms with Gasteiger partial charge in [-0.15, -0.1) is 0 Å². The standard InChI is InChI=1S/C20H29N3O5S/c1-15-14-17(6-7-18(15)21-29(26)27)19(24)22-9-11-23(12-10-22)20(25)28-13-8-16-4-2-3-5-16/h6-7,14,16,21H,2-5,8-13H2,1H3,(H,26,27)/p-1. The van der Waals surface area contributed by atoms with Gasteiger partial charge in [0.05, 0.1) is 6.61 Å². The summed E-state index contributed by atoms with van der Waals surface area (Å²) < 4.78 is 29.3. The third-order valence-electron chi connectivity index (χ3n) is 5.72. The molecule has 1 atom stereocenters. The minimum Gasteiger partial charge on any atom is -0.755 e. The van der Waals surface area contributed by atoms with Gasteiger partial charge in [0.15, 0.2) is 0 Å². The number of piperazine rings is 1. The fourth-order valence-corrected chi connectivity index (χ4v) is 4.39. The van der Waals surface area contributed by atoms with Crippen LogP contribution in [0, 0.1) is 12.8 Å². The second-order valence-corrected chi connectivity index (χ2v) is 8.37. The summed E-state index contributed by atoms with van der Waals surface area (Å²) >= 11 is -2.41. The van der Waals surface area contributed by atoms with Crippen molar-refractivity contribution < 1.29 is 23.1 Å². The molecule has 0 bridgehead atoms. The third-order valence-corrected chi connectivity index (χ3v) is 6.10. The van der Waals surface area contributed by atoms with E-state index in [1.54, 1.807) is 34.9 Å². The number of hydrogen-bond donors (Lipinski definition) is 1. The lowest BCUT2D eigenvalue weighted by molar-refractivity contribution is 0.0548. The van der Waals surface area contributed by atoms with Gasteiger partial charge in [-0.05, 0) is 43.0 Å². The van der Waals surface area contributed by atoms with Gasteiger partial charge in [-0.3, -0.25) is 9.00 Å². The van der Waals surface area contributed by atoms with Crippen LogP contribution >= 0.6 is 0 Å². The van der Waals surface area contributed by atoms with Gasteiger partial charge in [0.2, 0.25) is 0 Å². The van der Waals surface area contributed by atoms with Crippen LogP contribution < -0.4 is 4.72 Å². The van der Waals surface area contributed by atoms with Crippen molar-refractivity contribution in [3.63, 3.8) is 0 Å². The molecule has 1 aromatic carbocycles. The maximum Gasteiger partial charge on any atom is 0.409 e. The number of amides is 2. The van der Waals surface area contributed by atoms with E-state index in [0.29, 0.717) is 55.5 Å². The Morgan fingerprint density at radius 2 is 1.83 bits per heavy atom. The summed E-state index contributed by atoms with van der Waals surface area (Å²) in [5, 5.41) is 0. The van der Waals surface area contributed by atoms with Crippen LogP contribution in [0.2, 0.25) is 0 Å². The minimum atomic E-state index is -2.41. The SMILES string of the molecule is Cc1cc(C(=O)N2CCN(C(=O)OCCC3CCCC3)CC2)ccc1NS(=O)[O-]. The maximum atomic E-state index is 12.7. The van der Waals surface area contributed by atoms with Crippen LogP contribution in [-0.4, -0.2) is 63.3 Å². The molecular formula is C20H28N3O5S-. The van der Waals surface area contributed by atoms with Crippen molar-refractivity contribution >= 4 is 29.0 Å². The largest absolute Gasteiger partial charge is 0.755 e. The van der Waals surface area contributed by atoms with Gasteiger partial charge >= 0.3 is 6.09 Å². The van der Waals surface area contributed by atoms with Gasteiger partial charge < -0.3 is 23.8 Å². The normalized spacial score (nSPS) is 18.6. The van der Waals surface area contributed by atoms with Crippen LogP contribution in [0.4, 0.5) is 10.5 Å². The predicted octanol–water partition coefficient (Wildman–Crippen LogP) is 2.68. The fourth-order valence-electron chi connectivity index (χ4n) is 3.98. The quantitative estimate of drug-likeness (QED) is 0.710. The number of nitrogens with one attached hydrogen (secondary N) is 1. The monoisotopic (exact) mass is 422 g/mol. The summed E-state index contributed by atoms with van der Waals surface area (Å²) in [5.74, 6) is 0.563. The van der Waals surface area contributed by atoms with Gasteiger partial charge in [0, 0.05) is 48.7 Å². The van der Waals surface area contributed by atoms with Crippen molar-refractivity contribution in [1.29, 1.82) is 0 Å². The van der Waals surface area contributed by atoms with E-state index in [9.17, 15) is 18.4 Å². The first-order chi connectivity index (χ1) is 13.9. The number of carbonyl (C=O) groups is 2. The number of hydrogen-bond acceptors (Lipinski definition) is 5. The lowest BCUT2D eigenvalue weighted by Gasteiger charge is -2.34. The first-order valence-electron chi connectivity index (χ1n) is 10.1. The molecule has 1 aliphatic heterocycles. The fraction of sp³-hybridized carbons (Fsp3) is 0.600. The first kappa shape index (κ1) is 21.6. The van der Waals surface area contributed by atoms with Gasteiger partial charge in [-0.2, -0.15) is 0 Å². The van der Waals surface area contributed by atoms with Gasteiger partial charge in [0.1, 0.15) is 0 Å². The van der Waals surface area contributed by atoms with E-state index in [1.165, 1.54) is 25.7 Å². The van der Waals surface area contributed by atoms with Gasteiger partial charge in [-0.1, -0.05) is 25.7 Å². The van der Waals surface area contributed by atoms with Gasteiger partial charge in [0.25, 0.3) is 5.91 Å². The highest BCUT2D eigenvalue weighted by Gasteiger charge is 2.26. The summed E-state index contributed by atoms with van der Waals surface area (Å²) in [6, 6.07) is 4.85. The van der Waals surface area contributed by atoms with Crippen molar-refractivity contribution in [2.45, 2.75) is 39.0 Å². The highest BCUT2D eigenvalue weighted by atomic mass is 32.2. The van der Waals surface area contributed by atoms with Crippen LogP contribution in [0.25, 0.3) is 0 Å². The molecule has 0 radical (unpaired) electrons. The Morgan fingerprint density at radius 1 is 1.17 bits per heavy atom. The van der Waals surface area contributed by atoms with Crippen molar-refractivity contribution in [3.8, 4) is 0 Å². The van der Waals surface area contributed by atoms with Crippen LogP contribution in [0.15, 0.2) is 18.2 Å². The number of carbonyl (C=O) groups excluding carboxylic acids is 2. The van der Waals surface area contributed by atoms with Crippen LogP contribution in [-0.2, 0) is 16.0 Å². The molecule has 1 aromatic rings. The number of rotatable bonds is 6. The predicted molar refractivity (Wildman–Crippen MR) is 109 cm³/mol. The summed E-state index contributed by atoms with van der Waals surface area (Å²) in [6.07, 6.45) is 5.69. The Balaban J connectivity index is 1.45. The molecule has 9 heteroatoms. The van der Waals surface area contributed by atoms with Crippen molar-refractivity contribution in [3.05, 3.63) is 29.3 Å². The van der Waals surface area contributed by atoms with E-state index in [2.05, 4.69) is 4.72 Å². The molecule has 0 aromatic heterocycles. The molecule has 8 nitrogen and oxygen atoms in total. The van der Waals surface area contributed by atoms with E-state index in [4.69, 9.17) is 4.74 Å². The van der Waals surface area contributed by atoms with E-state index >= 15 is 0 Å². The highest BCUT2D eigenvalue weighted by molar-refractivity contribution is 7.80. The zero-order valence-corrected chi connectivity index (χ0v) is 17.5. The molecule has 2 fully saturated rings. The lowest BCUT2D eigenvalue weighted by atomic mass is 10.1. The van der Waals surface area contributed by atoms with E-state index in [1.807, 2.05) is 0 Å². The second-order valence-electron chi connectivity index (χ2n) is 7.70. The zero-order valence-electron chi connectivity index (χ0n) is 16.7.